The van der Waals surface area contributed by atoms with Crippen LogP contribution < -0.4 is 5.32 Å². The number of rotatable bonds is 2. The highest BCUT2D eigenvalue weighted by Gasteiger charge is 2.32. The molecule has 0 aromatic carbocycles. The van der Waals surface area contributed by atoms with Gasteiger partial charge in [0.25, 0.3) is 5.91 Å². The van der Waals surface area contributed by atoms with Crippen LogP contribution in [0.2, 0.25) is 0 Å². The van der Waals surface area contributed by atoms with Gasteiger partial charge in [0.05, 0.1) is 5.56 Å². The van der Waals surface area contributed by atoms with E-state index >= 15 is 0 Å². The van der Waals surface area contributed by atoms with E-state index in [-0.39, 0.29) is 5.56 Å². The maximum atomic E-state index is 12.3. The average molecular weight is 270 g/mol. The van der Waals surface area contributed by atoms with Crippen molar-refractivity contribution in [2.75, 3.05) is 5.32 Å². The van der Waals surface area contributed by atoms with E-state index in [4.69, 9.17) is 0 Å². The Hall–Kier alpha value is -2.38. The van der Waals surface area contributed by atoms with Crippen LogP contribution in [0.25, 0.3) is 0 Å². The fourth-order valence-corrected chi connectivity index (χ4v) is 1.36. The Balaban J connectivity index is 2.14. The van der Waals surface area contributed by atoms with Crippen molar-refractivity contribution >= 4 is 11.9 Å². The number of nitrogens with one attached hydrogen (secondary N) is 1. The lowest BCUT2D eigenvalue weighted by atomic mass is 10.2. The van der Waals surface area contributed by atoms with Gasteiger partial charge < -0.3 is 4.57 Å². The number of pyridine rings is 1. The van der Waals surface area contributed by atoms with Gasteiger partial charge in [0.15, 0.2) is 0 Å². The summed E-state index contributed by atoms with van der Waals surface area (Å²) < 4.78 is 38.5. The number of aromatic nitrogens is 3. The predicted octanol–water partition coefficient (Wildman–Crippen LogP) is 2.09. The van der Waals surface area contributed by atoms with Crippen LogP contribution in [-0.4, -0.2) is 20.4 Å². The van der Waals surface area contributed by atoms with E-state index in [1.165, 1.54) is 6.20 Å². The van der Waals surface area contributed by atoms with Gasteiger partial charge >= 0.3 is 6.18 Å². The van der Waals surface area contributed by atoms with Gasteiger partial charge in [-0.15, -0.1) is 0 Å². The van der Waals surface area contributed by atoms with Gasteiger partial charge in [0.1, 0.15) is 5.69 Å². The Morgan fingerprint density at radius 1 is 1.32 bits per heavy atom. The molecular weight excluding hydrogens is 261 g/mol. The Labute approximate surface area is 106 Å². The number of hydrogen-bond acceptors (Lipinski definition) is 3. The number of carbonyl (C=O) groups excluding carboxylic acids is 1. The highest BCUT2D eigenvalue weighted by Crippen LogP contribution is 2.27. The van der Waals surface area contributed by atoms with Crippen molar-refractivity contribution < 1.29 is 18.0 Å². The summed E-state index contributed by atoms with van der Waals surface area (Å²) in [6, 6.07) is 1.82. The van der Waals surface area contributed by atoms with Crippen LogP contribution in [0.15, 0.2) is 30.7 Å². The zero-order chi connectivity index (χ0) is 14.0. The number of alkyl halides is 3. The van der Waals surface area contributed by atoms with Crippen molar-refractivity contribution in [2.24, 2.45) is 7.05 Å². The van der Waals surface area contributed by atoms with Crippen LogP contribution in [0.1, 0.15) is 16.1 Å². The molecule has 1 amide bonds. The zero-order valence-corrected chi connectivity index (χ0v) is 9.77. The van der Waals surface area contributed by atoms with Gasteiger partial charge in [-0.25, -0.2) is 4.98 Å². The van der Waals surface area contributed by atoms with Gasteiger partial charge in [-0.3, -0.25) is 15.1 Å². The Morgan fingerprint density at radius 2 is 2.05 bits per heavy atom. The molecule has 0 saturated heterocycles. The number of aryl methyl sites for hydroxylation is 1. The maximum Gasteiger partial charge on any atom is 0.433 e. The summed E-state index contributed by atoms with van der Waals surface area (Å²) in [4.78, 5) is 18.8. The van der Waals surface area contributed by atoms with E-state index in [1.54, 1.807) is 17.8 Å². The molecule has 0 atom stereocenters. The monoisotopic (exact) mass is 270 g/mol. The van der Waals surface area contributed by atoms with Crippen molar-refractivity contribution in [2.45, 2.75) is 6.18 Å². The van der Waals surface area contributed by atoms with Gasteiger partial charge in [-0.2, -0.15) is 13.2 Å². The summed E-state index contributed by atoms with van der Waals surface area (Å²) in [6.07, 6.45) is -0.531. The highest BCUT2D eigenvalue weighted by molar-refractivity contribution is 6.03. The lowest BCUT2D eigenvalue weighted by Gasteiger charge is -2.07. The predicted molar refractivity (Wildman–Crippen MR) is 60.4 cm³/mol. The average Bonchev–Trinajstić information content (AvgIpc) is 2.74. The minimum Gasteiger partial charge on any atom is -0.320 e. The molecular formula is C11H9F3N4O. The minimum atomic E-state index is -4.52. The third-order valence-electron chi connectivity index (χ3n) is 2.36. The smallest absolute Gasteiger partial charge is 0.320 e. The molecule has 0 bridgehead atoms. The topological polar surface area (TPSA) is 59.8 Å². The maximum absolute atomic E-state index is 12.3. The van der Waals surface area contributed by atoms with Crippen LogP contribution in [0.4, 0.5) is 19.1 Å². The summed E-state index contributed by atoms with van der Waals surface area (Å²) in [5.41, 5.74) is -1.02. The number of amides is 1. The van der Waals surface area contributed by atoms with Crippen molar-refractivity contribution in [3.63, 3.8) is 0 Å². The summed E-state index contributed by atoms with van der Waals surface area (Å²) in [5.74, 6) is -0.277. The van der Waals surface area contributed by atoms with Crippen molar-refractivity contribution in [1.82, 2.24) is 14.5 Å². The molecule has 0 radical (unpaired) electrons. The highest BCUT2D eigenvalue weighted by atomic mass is 19.4. The third-order valence-corrected chi connectivity index (χ3v) is 2.36. The van der Waals surface area contributed by atoms with Crippen molar-refractivity contribution in [3.05, 3.63) is 42.0 Å². The largest absolute Gasteiger partial charge is 0.433 e. The molecule has 100 valence electrons. The van der Waals surface area contributed by atoms with Gasteiger partial charge in [-0.1, -0.05) is 0 Å². The number of nitrogens with zero attached hydrogens (tertiary/aromatic N) is 3. The molecule has 0 aliphatic rings. The fraction of sp³-hybridized carbons (Fsp3) is 0.182. The summed E-state index contributed by atoms with van der Waals surface area (Å²) >= 11 is 0. The summed E-state index contributed by atoms with van der Waals surface area (Å²) in [5, 5.41) is 2.46. The number of hydrogen-bond donors (Lipinski definition) is 1. The van der Waals surface area contributed by atoms with Gasteiger partial charge in [0, 0.05) is 25.6 Å². The first-order chi connectivity index (χ1) is 8.88. The van der Waals surface area contributed by atoms with Gasteiger partial charge in [-0.05, 0) is 12.1 Å². The molecule has 0 unspecified atom stereocenters. The second kappa shape index (κ2) is 4.71. The Kier molecular flexibility index (Phi) is 3.24. The van der Waals surface area contributed by atoms with E-state index < -0.39 is 17.8 Å². The molecule has 2 heterocycles. The van der Waals surface area contributed by atoms with Crippen LogP contribution in [0, 0.1) is 0 Å². The number of carbonyl (C=O) groups is 1. The second-order valence-corrected chi connectivity index (χ2v) is 3.75. The number of anilines is 1. The first-order valence-electron chi connectivity index (χ1n) is 5.20. The normalized spacial score (nSPS) is 11.4. The molecule has 5 nitrogen and oxygen atoms in total. The lowest BCUT2D eigenvalue weighted by molar-refractivity contribution is -0.141. The fourth-order valence-electron chi connectivity index (χ4n) is 1.36. The standard InChI is InChI=1S/C11H9F3N4O/c1-18-5-4-15-10(18)17-9(19)7-2-3-8(16-6-7)11(12,13)14/h2-6H,1H3,(H,15,17,19). The molecule has 2 aromatic heterocycles. The molecule has 0 aliphatic heterocycles. The van der Waals surface area contributed by atoms with E-state index in [0.717, 1.165) is 18.3 Å². The van der Waals surface area contributed by atoms with Crippen LogP contribution in [-0.2, 0) is 13.2 Å². The molecule has 2 rings (SSSR count). The summed E-state index contributed by atoms with van der Waals surface area (Å²) in [7, 11) is 1.67. The molecule has 19 heavy (non-hydrogen) atoms. The van der Waals surface area contributed by atoms with Crippen LogP contribution in [0.3, 0.4) is 0 Å². The van der Waals surface area contributed by atoms with Crippen molar-refractivity contribution in [1.29, 1.82) is 0 Å². The first kappa shape index (κ1) is 13.1. The molecule has 1 N–H and O–H groups in total. The Morgan fingerprint density at radius 3 is 2.53 bits per heavy atom. The first-order valence-corrected chi connectivity index (χ1v) is 5.20. The quantitative estimate of drug-likeness (QED) is 0.909. The zero-order valence-electron chi connectivity index (χ0n) is 9.77. The second-order valence-electron chi connectivity index (χ2n) is 3.75. The SMILES string of the molecule is Cn1ccnc1NC(=O)c1ccc(C(F)(F)F)nc1. The number of imidazole rings is 1. The van der Waals surface area contributed by atoms with E-state index in [2.05, 4.69) is 15.3 Å². The minimum absolute atomic E-state index is 0.0241. The molecule has 8 heteroatoms. The lowest BCUT2D eigenvalue weighted by Crippen LogP contribution is -2.16. The van der Waals surface area contributed by atoms with Gasteiger partial charge in [0.2, 0.25) is 5.95 Å². The molecule has 0 saturated carbocycles. The van der Waals surface area contributed by atoms with E-state index in [0.29, 0.717) is 5.95 Å². The third kappa shape index (κ3) is 2.90. The van der Waals surface area contributed by atoms with Crippen LogP contribution >= 0.6 is 0 Å². The van der Waals surface area contributed by atoms with E-state index in [9.17, 15) is 18.0 Å². The van der Waals surface area contributed by atoms with E-state index in [1.807, 2.05) is 0 Å². The van der Waals surface area contributed by atoms with Crippen LogP contribution in [0.5, 0.6) is 0 Å². The molecule has 0 aliphatic carbocycles. The Bertz CT molecular complexity index is 589. The summed E-state index contributed by atoms with van der Waals surface area (Å²) in [6.45, 7) is 0. The molecule has 2 aromatic rings. The number of halogens is 3. The molecule has 0 spiro atoms. The van der Waals surface area contributed by atoms with Crippen molar-refractivity contribution in [3.8, 4) is 0 Å². The molecule has 0 fully saturated rings.